The minimum atomic E-state index is -3.72. The van der Waals surface area contributed by atoms with E-state index in [0.717, 1.165) is 12.1 Å². The van der Waals surface area contributed by atoms with Gasteiger partial charge in [0.25, 0.3) is 5.69 Å². The van der Waals surface area contributed by atoms with E-state index in [1.807, 2.05) is 0 Å². The molecule has 0 aliphatic carbocycles. The Kier molecular flexibility index (Phi) is 5.48. The SMILES string of the molecule is O=S(=O)(Cl)Cl.O=[N+]([O-])c1cccc(F)c1. The highest BCUT2D eigenvalue weighted by atomic mass is 36.0. The first-order valence-corrected chi connectivity index (χ1v) is 6.38. The largest absolute Gasteiger partial charge is 0.317 e. The van der Waals surface area contributed by atoms with Crippen LogP contribution in [0.15, 0.2) is 24.3 Å². The Morgan fingerprint density at radius 3 is 2.07 bits per heavy atom. The van der Waals surface area contributed by atoms with E-state index in [0.29, 0.717) is 0 Å². The predicted molar refractivity (Wildman–Crippen MR) is 53.7 cm³/mol. The van der Waals surface area contributed by atoms with Gasteiger partial charge in [-0.1, -0.05) is 6.07 Å². The standard InChI is InChI=1S/C6H4FNO2.Cl2O2S/c7-5-2-1-3-6(4-5)8(9)10;1-5(2,3)4/h1-4H;. The summed E-state index contributed by atoms with van der Waals surface area (Å²) in [6.07, 6.45) is 0. The summed E-state index contributed by atoms with van der Waals surface area (Å²) in [6, 6.07) is 4.57. The van der Waals surface area contributed by atoms with Crippen LogP contribution in [0.5, 0.6) is 0 Å². The highest BCUT2D eigenvalue weighted by molar-refractivity contribution is 8.31. The van der Waals surface area contributed by atoms with Crippen LogP contribution in [0.2, 0.25) is 0 Å². The van der Waals surface area contributed by atoms with Crippen molar-refractivity contribution in [2.45, 2.75) is 0 Å². The summed E-state index contributed by atoms with van der Waals surface area (Å²) in [6.45, 7) is 0. The molecule has 0 amide bonds. The maximum atomic E-state index is 12.2. The molecule has 1 aromatic rings. The summed E-state index contributed by atoms with van der Waals surface area (Å²) in [5.41, 5.74) is -0.222. The molecule has 0 saturated carbocycles. The van der Waals surface area contributed by atoms with Crippen molar-refractivity contribution in [3.05, 3.63) is 40.2 Å². The zero-order valence-corrected chi connectivity index (χ0v) is 9.26. The molecule has 0 saturated heterocycles. The van der Waals surface area contributed by atoms with E-state index in [-0.39, 0.29) is 5.69 Å². The smallest absolute Gasteiger partial charge is 0.258 e. The fourth-order valence-corrected chi connectivity index (χ4v) is 0.590. The molecule has 9 heteroatoms. The fraction of sp³-hybridized carbons (Fsp3) is 0. The zero-order chi connectivity index (χ0) is 12.1. The molecule has 0 bridgehead atoms. The van der Waals surface area contributed by atoms with Crippen molar-refractivity contribution in [2.75, 3.05) is 0 Å². The average molecular weight is 276 g/mol. The van der Waals surface area contributed by atoms with Gasteiger partial charge in [0.2, 0.25) is 0 Å². The first-order valence-electron chi connectivity index (χ1n) is 3.24. The Bertz CT molecular complexity index is 442. The van der Waals surface area contributed by atoms with E-state index in [9.17, 15) is 14.5 Å². The van der Waals surface area contributed by atoms with Gasteiger partial charge in [-0.2, -0.15) is 8.42 Å². The highest BCUT2D eigenvalue weighted by Gasteiger charge is 2.03. The molecule has 5 nitrogen and oxygen atoms in total. The second-order valence-corrected chi connectivity index (χ2v) is 5.78. The second-order valence-electron chi connectivity index (χ2n) is 2.12. The quantitative estimate of drug-likeness (QED) is 0.448. The summed E-state index contributed by atoms with van der Waals surface area (Å²) in [4.78, 5) is 9.36. The third-order valence-electron chi connectivity index (χ3n) is 1.02. The second kappa shape index (κ2) is 5.84. The molecule has 1 rings (SSSR count). The van der Waals surface area contributed by atoms with Gasteiger partial charge < -0.3 is 0 Å². The number of benzene rings is 1. The molecule has 0 heterocycles. The first-order chi connectivity index (χ1) is 6.70. The molecule has 0 atom stereocenters. The summed E-state index contributed by atoms with van der Waals surface area (Å²) < 4.78 is 30.5. The molecule has 0 N–H and O–H groups in total. The molecule has 15 heavy (non-hydrogen) atoms. The number of rotatable bonds is 1. The van der Waals surface area contributed by atoms with Gasteiger partial charge >= 0.3 is 8.26 Å². The van der Waals surface area contributed by atoms with Crippen molar-refractivity contribution in [2.24, 2.45) is 0 Å². The van der Waals surface area contributed by atoms with Gasteiger partial charge in [-0.15, -0.1) is 0 Å². The molecule has 1 aromatic carbocycles. The normalized spacial score (nSPS) is 10.1. The lowest BCUT2D eigenvalue weighted by molar-refractivity contribution is -0.385. The molecule has 0 aliphatic heterocycles. The maximum absolute atomic E-state index is 12.2. The van der Waals surface area contributed by atoms with Gasteiger partial charge in [0.15, 0.2) is 0 Å². The molecule has 0 spiro atoms. The highest BCUT2D eigenvalue weighted by Crippen LogP contribution is 2.10. The van der Waals surface area contributed by atoms with E-state index in [2.05, 4.69) is 21.4 Å². The van der Waals surface area contributed by atoms with Crippen molar-refractivity contribution < 1.29 is 17.7 Å². The Hall–Kier alpha value is -0.920. The van der Waals surface area contributed by atoms with Gasteiger partial charge in [0.05, 0.1) is 11.0 Å². The van der Waals surface area contributed by atoms with Crippen LogP contribution in [0.25, 0.3) is 0 Å². The number of non-ortho nitro benzene ring substituents is 1. The van der Waals surface area contributed by atoms with Crippen molar-refractivity contribution in [3.8, 4) is 0 Å². The third kappa shape index (κ3) is 9.39. The van der Waals surface area contributed by atoms with Crippen LogP contribution in [0.3, 0.4) is 0 Å². The van der Waals surface area contributed by atoms with E-state index in [1.165, 1.54) is 12.1 Å². The van der Waals surface area contributed by atoms with Crippen LogP contribution in [0.1, 0.15) is 0 Å². The summed E-state index contributed by atoms with van der Waals surface area (Å²) >= 11 is 0. The molecule has 84 valence electrons. The summed E-state index contributed by atoms with van der Waals surface area (Å²) in [5, 5.41) is 9.99. The van der Waals surface area contributed by atoms with Crippen LogP contribution >= 0.6 is 21.4 Å². The average Bonchev–Trinajstić information content (AvgIpc) is 2.00. The van der Waals surface area contributed by atoms with Crippen LogP contribution < -0.4 is 0 Å². The minimum Gasteiger partial charge on any atom is -0.258 e. The van der Waals surface area contributed by atoms with Crippen LogP contribution in [0, 0.1) is 15.9 Å². The van der Waals surface area contributed by atoms with Gasteiger partial charge in [-0.3, -0.25) is 10.1 Å². The molecule has 0 radical (unpaired) electrons. The lowest BCUT2D eigenvalue weighted by Gasteiger charge is -1.88. The van der Waals surface area contributed by atoms with Crippen molar-refractivity contribution >= 4 is 35.3 Å². The first kappa shape index (κ1) is 14.1. The van der Waals surface area contributed by atoms with Crippen LogP contribution in [0.4, 0.5) is 10.1 Å². The molecule has 0 aliphatic rings. The predicted octanol–water partition coefficient (Wildman–Crippen LogP) is 2.44. The fourth-order valence-electron chi connectivity index (χ4n) is 0.590. The number of hydrogen-bond acceptors (Lipinski definition) is 4. The summed E-state index contributed by atoms with van der Waals surface area (Å²) in [5.74, 6) is -0.589. The molecule has 0 unspecified atom stereocenters. The number of hydrogen-bond donors (Lipinski definition) is 0. The Morgan fingerprint density at radius 2 is 1.80 bits per heavy atom. The monoisotopic (exact) mass is 275 g/mol. The Balaban J connectivity index is 0.000000336. The Labute approximate surface area is 93.5 Å². The van der Waals surface area contributed by atoms with E-state index in [4.69, 9.17) is 8.42 Å². The Morgan fingerprint density at radius 1 is 1.33 bits per heavy atom. The van der Waals surface area contributed by atoms with Crippen LogP contribution in [-0.2, 0) is 8.26 Å². The number of nitro benzene ring substituents is 1. The van der Waals surface area contributed by atoms with Gasteiger partial charge in [-0.05, 0) is 6.07 Å². The lowest BCUT2D eigenvalue weighted by atomic mass is 10.3. The van der Waals surface area contributed by atoms with Crippen LogP contribution in [-0.4, -0.2) is 13.3 Å². The van der Waals surface area contributed by atoms with Crippen molar-refractivity contribution in [1.29, 1.82) is 0 Å². The lowest BCUT2D eigenvalue weighted by Crippen LogP contribution is -1.87. The number of halogens is 3. The van der Waals surface area contributed by atoms with Crippen molar-refractivity contribution in [1.82, 2.24) is 0 Å². The topological polar surface area (TPSA) is 77.3 Å². The molecule has 0 aromatic heterocycles. The zero-order valence-electron chi connectivity index (χ0n) is 6.93. The van der Waals surface area contributed by atoms with Crippen molar-refractivity contribution in [3.63, 3.8) is 0 Å². The van der Waals surface area contributed by atoms with E-state index >= 15 is 0 Å². The summed E-state index contributed by atoms with van der Waals surface area (Å²) in [7, 11) is 4.81. The van der Waals surface area contributed by atoms with Gasteiger partial charge in [0.1, 0.15) is 5.82 Å². The molecular weight excluding hydrogens is 272 g/mol. The van der Waals surface area contributed by atoms with E-state index < -0.39 is 19.0 Å². The van der Waals surface area contributed by atoms with E-state index in [1.54, 1.807) is 0 Å². The number of nitrogens with zero attached hydrogens (tertiary/aromatic N) is 1. The molecule has 0 fully saturated rings. The number of nitro groups is 1. The third-order valence-corrected chi connectivity index (χ3v) is 1.02. The molecular formula is C6H4Cl2FNO4S. The maximum Gasteiger partial charge on any atom is 0.317 e. The minimum absolute atomic E-state index is 0.222. The van der Waals surface area contributed by atoms with Gasteiger partial charge in [0, 0.05) is 27.4 Å². The van der Waals surface area contributed by atoms with Gasteiger partial charge in [-0.25, -0.2) is 4.39 Å².